The summed E-state index contributed by atoms with van der Waals surface area (Å²) in [6, 6.07) is 21.0. The van der Waals surface area contributed by atoms with Crippen molar-refractivity contribution in [2.75, 3.05) is 4.72 Å². The Hall–Kier alpha value is -3.91. The van der Waals surface area contributed by atoms with E-state index in [9.17, 15) is 13.2 Å². The molecule has 2 N–H and O–H groups in total. The largest absolute Gasteiger partial charge is 0.348 e. The fourth-order valence-corrected chi connectivity index (χ4v) is 4.67. The van der Waals surface area contributed by atoms with Gasteiger partial charge in [0.05, 0.1) is 16.9 Å². The van der Waals surface area contributed by atoms with Crippen LogP contribution in [0.3, 0.4) is 0 Å². The molecule has 0 bridgehead atoms. The van der Waals surface area contributed by atoms with Gasteiger partial charge in [0.15, 0.2) is 0 Å². The van der Waals surface area contributed by atoms with Crippen molar-refractivity contribution < 1.29 is 13.2 Å². The average Bonchev–Trinajstić information content (AvgIpc) is 3.33. The summed E-state index contributed by atoms with van der Waals surface area (Å²) in [4.78, 5) is 16.9. The summed E-state index contributed by atoms with van der Waals surface area (Å²) < 4.78 is 30.2. The van der Waals surface area contributed by atoms with Crippen molar-refractivity contribution in [1.29, 1.82) is 0 Å². The summed E-state index contributed by atoms with van der Waals surface area (Å²) in [7, 11) is -3.84. The standard InChI is InChI=1S/C24H22N4O3S/c1-18-11-12-19(15-23(18)32(30,31)27-21-8-3-2-4-9-21)24(29)26-16-20-7-5-6-10-22(20)28-14-13-25-17-28/h2-15,17,27H,16H2,1H3,(H,26,29). The highest BCUT2D eigenvalue weighted by molar-refractivity contribution is 7.92. The molecule has 162 valence electrons. The van der Waals surface area contributed by atoms with Gasteiger partial charge in [-0.05, 0) is 48.4 Å². The molecule has 0 spiro atoms. The Morgan fingerprint density at radius 3 is 2.50 bits per heavy atom. The van der Waals surface area contributed by atoms with Gasteiger partial charge in [-0.25, -0.2) is 13.4 Å². The molecule has 3 aromatic carbocycles. The summed E-state index contributed by atoms with van der Waals surface area (Å²) >= 11 is 0. The van der Waals surface area contributed by atoms with Gasteiger partial charge in [-0.2, -0.15) is 0 Å². The van der Waals surface area contributed by atoms with Crippen molar-refractivity contribution in [3.8, 4) is 5.69 Å². The van der Waals surface area contributed by atoms with Crippen molar-refractivity contribution in [1.82, 2.24) is 14.9 Å². The highest BCUT2D eigenvalue weighted by atomic mass is 32.2. The molecule has 4 rings (SSSR count). The monoisotopic (exact) mass is 446 g/mol. The molecule has 8 heteroatoms. The van der Waals surface area contributed by atoms with Crippen LogP contribution < -0.4 is 10.0 Å². The molecule has 4 aromatic rings. The number of para-hydroxylation sites is 2. The van der Waals surface area contributed by atoms with Crippen molar-refractivity contribution in [3.05, 3.63) is 108 Å². The first-order chi connectivity index (χ1) is 15.4. The SMILES string of the molecule is Cc1ccc(C(=O)NCc2ccccc2-n2ccnc2)cc1S(=O)(=O)Nc1ccccc1. The van der Waals surface area contributed by atoms with E-state index in [-0.39, 0.29) is 22.9 Å². The number of amides is 1. The van der Waals surface area contributed by atoms with Crippen molar-refractivity contribution >= 4 is 21.6 Å². The summed E-state index contributed by atoms with van der Waals surface area (Å²) in [6.07, 6.45) is 5.21. The van der Waals surface area contributed by atoms with Crippen LogP contribution in [0.2, 0.25) is 0 Å². The second-order valence-corrected chi connectivity index (χ2v) is 8.88. The van der Waals surface area contributed by atoms with Gasteiger partial charge in [-0.3, -0.25) is 9.52 Å². The quantitative estimate of drug-likeness (QED) is 0.450. The Kier molecular flexibility index (Phi) is 6.04. The number of rotatable bonds is 7. The number of anilines is 1. The number of nitrogens with one attached hydrogen (secondary N) is 2. The third kappa shape index (κ3) is 4.70. The Labute approximate surface area is 186 Å². The molecule has 32 heavy (non-hydrogen) atoms. The first kappa shape index (κ1) is 21.3. The fraction of sp³-hybridized carbons (Fsp3) is 0.0833. The molecule has 7 nitrogen and oxygen atoms in total. The van der Waals surface area contributed by atoms with Gasteiger partial charge in [-0.15, -0.1) is 0 Å². The summed E-state index contributed by atoms with van der Waals surface area (Å²) in [5, 5.41) is 2.88. The van der Waals surface area contributed by atoms with Crippen LogP contribution in [0.5, 0.6) is 0 Å². The number of carbonyl (C=O) groups is 1. The number of sulfonamides is 1. The molecular formula is C24H22N4O3S. The predicted molar refractivity (Wildman–Crippen MR) is 123 cm³/mol. The Balaban J connectivity index is 1.53. The number of aromatic nitrogens is 2. The maximum absolute atomic E-state index is 12.9. The first-order valence-corrected chi connectivity index (χ1v) is 11.5. The molecule has 0 aliphatic heterocycles. The molecule has 0 unspecified atom stereocenters. The van der Waals surface area contributed by atoms with Gasteiger partial charge in [0, 0.05) is 30.2 Å². The third-order valence-electron chi connectivity index (χ3n) is 4.98. The molecule has 0 fully saturated rings. The minimum Gasteiger partial charge on any atom is -0.348 e. The van der Waals surface area contributed by atoms with E-state index in [0.717, 1.165) is 11.3 Å². The predicted octanol–water partition coefficient (Wildman–Crippen LogP) is 3.91. The number of imidazole rings is 1. The summed E-state index contributed by atoms with van der Waals surface area (Å²) in [6.45, 7) is 1.98. The molecule has 0 aliphatic carbocycles. The second kappa shape index (κ2) is 9.07. The van der Waals surface area contributed by atoms with E-state index >= 15 is 0 Å². The third-order valence-corrected chi connectivity index (χ3v) is 6.50. The zero-order valence-electron chi connectivity index (χ0n) is 17.4. The number of hydrogen-bond donors (Lipinski definition) is 2. The molecule has 1 heterocycles. The summed E-state index contributed by atoms with van der Waals surface area (Å²) in [5.41, 5.74) is 3.09. The van der Waals surface area contributed by atoms with Crippen LogP contribution in [0.1, 0.15) is 21.5 Å². The zero-order chi connectivity index (χ0) is 22.6. The van der Waals surface area contributed by atoms with Crippen LogP contribution in [0.4, 0.5) is 5.69 Å². The molecular weight excluding hydrogens is 424 g/mol. The Bertz CT molecular complexity index is 1330. The zero-order valence-corrected chi connectivity index (χ0v) is 18.2. The lowest BCUT2D eigenvalue weighted by molar-refractivity contribution is 0.0950. The van der Waals surface area contributed by atoms with E-state index in [4.69, 9.17) is 0 Å². The minimum absolute atomic E-state index is 0.0628. The maximum Gasteiger partial charge on any atom is 0.262 e. The lowest BCUT2D eigenvalue weighted by Gasteiger charge is -2.13. The molecule has 0 radical (unpaired) electrons. The van der Waals surface area contributed by atoms with Crippen LogP contribution in [0.15, 0.2) is 96.4 Å². The van der Waals surface area contributed by atoms with Gasteiger partial charge in [-0.1, -0.05) is 42.5 Å². The first-order valence-electron chi connectivity index (χ1n) is 9.97. The van der Waals surface area contributed by atoms with Crippen molar-refractivity contribution in [3.63, 3.8) is 0 Å². The van der Waals surface area contributed by atoms with E-state index in [1.54, 1.807) is 61.9 Å². The average molecular weight is 447 g/mol. The Morgan fingerprint density at radius 2 is 1.75 bits per heavy atom. The molecule has 0 atom stereocenters. The fourth-order valence-electron chi connectivity index (χ4n) is 3.34. The van der Waals surface area contributed by atoms with Crippen LogP contribution in [0, 0.1) is 6.92 Å². The van der Waals surface area contributed by atoms with E-state index in [2.05, 4.69) is 15.0 Å². The number of benzene rings is 3. The van der Waals surface area contributed by atoms with Crippen LogP contribution >= 0.6 is 0 Å². The topological polar surface area (TPSA) is 93.1 Å². The highest BCUT2D eigenvalue weighted by Crippen LogP contribution is 2.21. The maximum atomic E-state index is 12.9. The highest BCUT2D eigenvalue weighted by Gasteiger charge is 2.19. The van der Waals surface area contributed by atoms with E-state index in [1.165, 1.54) is 6.07 Å². The van der Waals surface area contributed by atoms with Gasteiger partial charge < -0.3 is 9.88 Å². The minimum atomic E-state index is -3.84. The van der Waals surface area contributed by atoms with Gasteiger partial charge in [0.25, 0.3) is 15.9 Å². The lowest BCUT2D eigenvalue weighted by Crippen LogP contribution is -2.24. The van der Waals surface area contributed by atoms with Crippen molar-refractivity contribution in [2.45, 2.75) is 18.4 Å². The van der Waals surface area contributed by atoms with Crippen LogP contribution in [0.25, 0.3) is 5.69 Å². The normalized spacial score (nSPS) is 11.2. The summed E-state index contributed by atoms with van der Waals surface area (Å²) in [5.74, 6) is -0.360. The van der Waals surface area contributed by atoms with E-state index in [0.29, 0.717) is 11.3 Å². The molecule has 0 saturated carbocycles. The van der Waals surface area contributed by atoms with Gasteiger partial charge in [0.2, 0.25) is 0 Å². The second-order valence-electron chi connectivity index (χ2n) is 7.23. The Morgan fingerprint density at radius 1 is 1.00 bits per heavy atom. The molecule has 1 amide bonds. The molecule has 1 aromatic heterocycles. The van der Waals surface area contributed by atoms with Gasteiger partial charge >= 0.3 is 0 Å². The molecule has 0 saturated heterocycles. The smallest absolute Gasteiger partial charge is 0.262 e. The van der Waals surface area contributed by atoms with Gasteiger partial charge in [0.1, 0.15) is 0 Å². The van der Waals surface area contributed by atoms with Crippen molar-refractivity contribution in [2.24, 2.45) is 0 Å². The van der Waals surface area contributed by atoms with E-state index < -0.39 is 10.0 Å². The van der Waals surface area contributed by atoms with Crippen LogP contribution in [-0.4, -0.2) is 23.9 Å². The number of carbonyl (C=O) groups excluding carboxylic acids is 1. The van der Waals surface area contributed by atoms with E-state index in [1.807, 2.05) is 35.0 Å². The number of aryl methyl sites for hydroxylation is 1. The number of nitrogens with zero attached hydrogens (tertiary/aromatic N) is 2. The van der Waals surface area contributed by atoms with Crippen LogP contribution in [-0.2, 0) is 16.6 Å². The molecule has 0 aliphatic rings. The number of hydrogen-bond acceptors (Lipinski definition) is 4. The lowest BCUT2D eigenvalue weighted by atomic mass is 10.1.